The zero-order valence-corrected chi connectivity index (χ0v) is 12.2. The highest BCUT2D eigenvalue weighted by atomic mass is 16.5. The highest BCUT2D eigenvalue weighted by Gasteiger charge is 2.18. The predicted octanol–water partition coefficient (Wildman–Crippen LogP) is 2.11. The molecule has 1 rings (SSSR count). The molecule has 112 valence electrons. The van der Waals surface area contributed by atoms with Crippen molar-refractivity contribution in [3.8, 4) is 11.5 Å². The van der Waals surface area contributed by atoms with Gasteiger partial charge in [-0.25, -0.2) is 0 Å². The lowest BCUT2D eigenvalue weighted by Crippen LogP contribution is -2.26. The number of aliphatic hydroxyl groups excluding tert-OH is 1. The lowest BCUT2D eigenvalue weighted by Gasteiger charge is -2.20. The Kier molecular flexibility index (Phi) is 5.98. The van der Waals surface area contributed by atoms with Crippen LogP contribution in [0.5, 0.6) is 11.5 Å². The molecule has 0 amide bonds. The van der Waals surface area contributed by atoms with Gasteiger partial charge in [-0.3, -0.25) is 4.79 Å². The summed E-state index contributed by atoms with van der Waals surface area (Å²) in [5.41, 5.74) is 6.58. The maximum absolute atomic E-state index is 10.8. The van der Waals surface area contributed by atoms with E-state index in [9.17, 15) is 15.0 Å². The predicted molar refractivity (Wildman–Crippen MR) is 76.4 cm³/mol. The number of aliphatic hydroxyl groups is 1. The van der Waals surface area contributed by atoms with E-state index < -0.39 is 18.1 Å². The highest BCUT2D eigenvalue weighted by Crippen LogP contribution is 2.30. The number of phenolic OH excluding ortho intramolecular Hbond substituents is 1. The van der Waals surface area contributed by atoms with E-state index in [1.807, 2.05) is 0 Å². The van der Waals surface area contributed by atoms with Crippen LogP contribution in [0.15, 0.2) is 18.2 Å². The topological polar surface area (TPSA) is 92.8 Å². The molecule has 0 aliphatic carbocycles. The third kappa shape index (κ3) is 4.83. The lowest BCUT2D eigenvalue weighted by atomic mass is 9.96. The van der Waals surface area contributed by atoms with Crippen LogP contribution >= 0.6 is 0 Å². The van der Waals surface area contributed by atoms with Crippen molar-refractivity contribution in [3.63, 3.8) is 0 Å². The number of phenols is 1. The van der Waals surface area contributed by atoms with Crippen LogP contribution in [-0.2, 0) is 4.79 Å². The Morgan fingerprint density at radius 3 is 2.50 bits per heavy atom. The molecule has 1 aromatic carbocycles. The van der Waals surface area contributed by atoms with Gasteiger partial charge in [0.2, 0.25) is 0 Å². The maximum atomic E-state index is 10.8. The Morgan fingerprint density at radius 1 is 1.35 bits per heavy atom. The van der Waals surface area contributed by atoms with Crippen LogP contribution in [0.25, 0.3) is 0 Å². The van der Waals surface area contributed by atoms with Gasteiger partial charge in [0, 0.05) is 6.92 Å². The van der Waals surface area contributed by atoms with Crippen molar-refractivity contribution in [2.24, 2.45) is 11.7 Å². The number of benzene rings is 1. The molecule has 1 aromatic rings. The normalized spacial score (nSPS) is 14.1. The first kappa shape index (κ1) is 16.5. The molecule has 0 saturated heterocycles. The Labute approximate surface area is 119 Å². The molecule has 0 radical (unpaired) electrons. The molecule has 2 atom stereocenters. The van der Waals surface area contributed by atoms with Crippen LogP contribution in [-0.4, -0.2) is 22.3 Å². The second-order valence-corrected chi connectivity index (χ2v) is 5.39. The number of rotatable bonds is 6. The molecule has 5 nitrogen and oxygen atoms in total. The van der Waals surface area contributed by atoms with Crippen molar-refractivity contribution in [1.82, 2.24) is 0 Å². The van der Waals surface area contributed by atoms with Crippen molar-refractivity contribution in [1.29, 1.82) is 0 Å². The minimum atomic E-state index is -0.670. The summed E-state index contributed by atoms with van der Waals surface area (Å²) in [5.74, 6) is -0.0831. The van der Waals surface area contributed by atoms with Gasteiger partial charge in [-0.15, -0.1) is 0 Å². The van der Waals surface area contributed by atoms with Gasteiger partial charge in [0.05, 0.1) is 12.1 Å². The zero-order chi connectivity index (χ0) is 15.3. The number of aromatic hydroxyl groups is 1. The van der Waals surface area contributed by atoms with E-state index in [1.165, 1.54) is 19.1 Å². The second kappa shape index (κ2) is 7.26. The summed E-state index contributed by atoms with van der Waals surface area (Å²) in [7, 11) is 0. The number of esters is 1. The Morgan fingerprint density at radius 2 is 2.00 bits per heavy atom. The van der Waals surface area contributed by atoms with Gasteiger partial charge in [-0.1, -0.05) is 19.9 Å². The van der Waals surface area contributed by atoms with Crippen molar-refractivity contribution in [2.45, 2.75) is 45.8 Å². The third-order valence-electron chi connectivity index (χ3n) is 3.08. The third-order valence-corrected chi connectivity index (χ3v) is 3.08. The van der Waals surface area contributed by atoms with E-state index in [-0.39, 0.29) is 11.5 Å². The summed E-state index contributed by atoms with van der Waals surface area (Å²) in [4.78, 5) is 10.8. The number of nitrogens with two attached hydrogens (primary N) is 1. The summed E-state index contributed by atoms with van der Waals surface area (Å²) in [6.45, 7) is 5.42. The zero-order valence-electron chi connectivity index (χ0n) is 12.2. The number of carbonyl (C=O) groups excluding carboxylic acids is 1. The van der Waals surface area contributed by atoms with Crippen LogP contribution in [0.4, 0.5) is 0 Å². The Balaban J connectivity index is 2.76. The second-order valence-electron chi connectivity index (χ2n) is 5.39. The van der Waals surface area contributed by atoms with Crippen LogP contribution in [0.1, 0.15) is 45.2 Å². The quantitative estimate of drug-likeness (QED) is 0.548. The van der Waals surface area contributed by atoms with Gasteiger partial charge >= 0.3 is 5.97 Å². The molecular weight excluding hydrogens is 258 g/mol. The summed E-state index contributed by atoms with van der Waals surface area (Å²) in [6.07, 6.45) is 0.814. The van der Waals surface area contributed by atoms with Crippen LogP contribution < -0.4 is 10.5 Å². The standard InChI is InChI=1S/C15H23NO4/c1-9(2)4-6-12(18)15(16)11-5-7-14(13(19)8-11)20-10(3)17/h5,7-9,12,15,18-19H,4,6,16H2,1-3H3/t12-,15+/m1/s1. The van der Waals surface area contributed by atoms with E-state index in [4.69, 9.17) is 10.5 Å². The van der Waals surface area contributed by atoms with E-state index >= 15 is 0 Å². The smallest absolute Gasteiger partial charge is 0.308 e. The van der Waals surface area contributed by atoms with E-state index in [0.29, 0.717) is 17.9 Å². The van der Waals surface area contributed by atoms with Gasteiger partial charge in [0.25, 0.3) is 0 Å². The molecule has 0 spiro atoms. The lowest BCUT2D eigenvalue weighted by molar-refractivity contribution is -0.132. The van der Waals surface area contributed by atoms with Crippen LogP contribution in [0.2, 0.25) is 0 Å². The van der Waals surface area contributed by atoms with Crippen molar-refractivity contribution >= 4 is 5.97 Å². The fourth-order valence-electron chi connectivity index (χ4n) is 1.89. The average molecular weight is 281 g/mol. The highest BCUT2D eigenvalue weighted by molar-refractivity contribution is 5.70. The molecule has 20 heavy (non-hydrogen) atoms. The first-order valence-corrected chi connectivity index (χ1v) is 6.76. The number of ether oxygens (including phenoxy) is 1. The number of hydrogen-bond acceptors (Lipinski definition) is 5. The molecule has 0 fully saturated rings. The molecular formula is C15H23NO4. The van der Waals surface area contributed by atoms with Crippen molar-refractivity contribution < 1.29 is 19.7 Å². The van der Waals surface area contributed by atoms with Gasteiger partial charge in [0.15, 0.2) is 11.5 Å². The number of hydrogen-bond donors (Lipinski definition) is 3. The van der Waals surface area contributed by atoms with Crippen LogP contribution in [0.3, 0.4) is 0 Å². The molecule has 4 N–H and O–H groups in total. The Hall–Kier alpha value is -1.59. The van der Waals surface area contributed by atoms with Gasteiger partial charge in [-0.2, -0.15) is 0 Å². The molecule has 0 saturated carbocycles. The minimum absolute atomic E-state index is 0.0881. The largest absolute Gasteiger partial charge is 0.504 e. The Bertz CT molecular complexity index is 459. The summed E-state index contributed by atoms with van der Waals surface area (Å²) >= 11 is 0. The molecule has 0 aromatic heterocycles. The molecule has 0 aliphatic rings. The van der Waals surface area contributed by atoms with Crippen molar-refractivity contribution in [2.75, 3.05) is 0 Å². The first-order chi connectivity index (χ1) is 9.31. The SMILES string of the molecule is CC(=O)Oc1ccc([C@H](N)[C@H](O)CCC(C)C)cc1O. The molecule has 0 aliphatic heterocycles. The van der Waals surface area contributed by atoms with Crippen LogP contribution in [0, 0.1) is 5.92 Å². The van der Waals surface area contributed by atoms with E-state index in [2.05, 4.69) is 13.8 Å². The average Bonchev–Trinajstić information content (AvgIpc) is 2.37. The number of carbonyl (C=O) groups is 1. The van der Waals surface area contributed by atoms with E-state index in [1.54, 1.807) is 6.07 Å². The maximum Gasteiger partial charge on any atom is 0.308 e. The van der Waals surface area contributed by atoms with Gasteiger partial charge in [0.1, 0.15) is 0 Å². The van der Waals surface area contributed by atoms with Gasteiger partial charge < -0.3 is 20.7 Å². The summed E-state index contributed by atoms with van der Waals surface area (Å²) < 4.78 is 4.83. The summed E-state index contributed by atoms with van der Waals surface area (Å²) in [6, 6.07) is 3.95. The monoisotopic (exact) mass is 281 g/mol. The molecule has 0 heterocycles. The summed E-state index contributed by atoms with van der Waals surface area (Å²) in [5, 5.41) is 19.8. The molecule has 5 heteroatoms. The fraction of sp³-hybridized carbons (Fsp3) is 0.533. The first-order valence-electron chi connectivity index (χ1n) is 6.76. The molecule has 0 bridgehead atoms. The van der Waals surface area contributed by atoms with E-state index in [0.717, 1.165) is 6.42 Å². The van der Waals surface area contributed by atoms with Gasteiger partial charge in [-0.05, 0) is 36.5 Å². The van der Waals surface area contributed by atoms with Crippen molar-refractivity contribution in [3.05, 3.63) is 23.8 Å². The fourth-order valence-corrected chi connectivity index (χ4v) is 1.89. The molecule has 0 unspecified atom stereocenters. The minimum Gasteiger partial charge on any atom is -0.504 e.